The van der Waals surface area contributed by atoms with E-state index < -0.39 is 5.97 Å². The molecule has 3 rings (SSSR count). The van der Waals surface area contributed by atoms with Crippen molar-refractivity contribution in [1.82, 2.24) is 4.98 Å². The van der Waals surface area contributed by atoms with Crippen molar-refractivity contribution in [3.8, 4) is 5.75 Å². The minimum atomic E-state index is -0.437. The van der Waals surface area contributed by atoms with E-state index in [-0.39, 0.29) is 36.7 Å². The van der Waals surface area contributed by atoms with E-state index in [1.54, 1.807) is 18.7 Å². The fraction of sp³-hybridized carbons (Fsp3) is 0.190. The van der Waals surface area contributed by atoms with E-state index in [0.717, 1.165) is 15.2 Å². The van der Waals surface area contributed by atoms with Crippen LogP contribution in [0.1, 0.15) is 30.3 Å². The monoisotopic (exact) mass is 381 g/mol. The van der Waals surface area contributed by atoms with Crippen molar-refractivity contribution < 1.29 is 19.4 Å². The second-order valence-corrected chi connectivity index (χ2v) is 7.00. The molecule has 2 aromatic carbocycles. The van der Waals surface area contributed by atoms with Gasteiger partial charge in [0.15, 0.2) is 5.78 Å². The van der Waals surface area contributed by atoms with Crippen LogP contribution in [0.5, 0.6) is 5.75 Å². The summed E-state index contributed by atoms with van der Waals surface area (Å²) in [5, 5.41) is 10.9. The van der Waals surface area contributed by atoms with Gasteiger partial charge in [0.25, 0.3) is 0 Å². The first kappa shape index (κ1) is 18.9. The summed E-state index contributed by atoms with van der Waals surface area (Å²) in [6.07, 6.45) is -0.0842. The van der Waals surface area contributed by atoms with Crippen molar-refractivity contribution in [2.24, 2.45) is 0 Å². The average molecular weight is 381 g/mol. The molecule has 0 bridgehead atoms. The quantitative estimate of drug-likeness (QED) is 0.475. The standard InChI is InChI=1S/C21H19NO4S/c1-2-26-20(25)11-10-18(23)21-19(24)12-14-8-9-16(13-17(14)22-21)27-15-6-4-3-5-7-15/h3-9,12-13,24H,2,10-11H2,1H3. The summed E-state index contributed by atoms with van der Waals surface area (Å²) < 4.78 is 4.82. The molecule has 0 aliphatic carbocycles. The van der Waals surface area contributed by atoms with Crippen LogP contribution in [0.3, 0.4) is 0 Å². The molecule has 1 aromatic heterocycles. The Kier molecular flexibility index (Phi) is 6.08. The minimum absolute atomic E-state index is 0.0198. The van der Waals surface area contributed by atoms with Crippen molar-refractivity contribution >= 4 is 34.4 Å². The van der Waals surface area contributed by atoms with Crippen molar-refractivity contribution in [2.75, 3.05) is 6.61 Å². The van der Waals surface area contributed by atoms with Crippen LogP contribution in [0.15, 0.2) is 64.4 Å². The number of ketones is 1. The van der Waals surface area contributed by atoms with E-state index >= 15 is 0 Å². The molecule has 6 heteroatoms. The Morgan fingerprint density at radius 2 is 1.81 bits per heavy atom. The zero-order chi connectivity index (χ0) is 19.2. The molecule has 0 amide bonds. The summed E-state index contributed by atoms with van der Waals surface area (Å²) in [5.41, 5.74) is 0.599. The van der Waals surface area contributed by atoms with Gasteiger partial charge in [0.05, 0.1) is 18.5 Å². The van der Waals surface area contributed by atoms with Gasteiger partial charge in [-0.2, -0.15) is 0 Å². The lowest BCUT2D eigenvalue weighted by Gasteiger charge is -2.07. The van der Waals surface area contributed by atoms with Gasteiger partial charge in [-0.25, -0.2) is 4.98 Å². The highest BCUT2D eigenvalue weighted by Gasteiger charge is 2.16. The van der Waals surface area contributed by atoms with Gasteiger partial charge in [-0.3, -0.25) is 9.59 Å². The molecule has 0 fully saturated rings. The SMILES string of the molecule is CCOC(=O)CCC(=O)c1nc2cc(Sc3ccccc3)ccc2cc1O. The molecule has 0 saturated heterocycles. The van der Waals surface area contributed by atoms with Gasteiger partial charge >= 0.3 is 5.97 Å². The normalized spacial score (nSPS) is 10.7. The number of benzene rings is 2. The van der Waals surface area contributed by atoms with Crippen LogP contribution in [0.2, 0.25) is 0 Å². The van der Waals surface area contributed by atoms with Gasteiger partial charge in [0.2, 0.25) is 0 Å². The van der Waals surface area contributed by atoms with Gasteiger partial charge < -0.3 is 9.84 Å². The number of rotatable bonds is 7. The molecule has 1 N–H and O–H groups in total. The first-order valence-electron chi connectivity index (χ1n) is 8.62. The van der Waals surface area contributed by atoms with Crippen molar-refractivity contribution in [2.45, 2.75) is 29.6 Å². The Morgan fingerprint density at radius 3 is 2.56 bits per heavy atom. The molecule has 27 heavy (non-hydrogen) atoms. The third-order valence-electron chi connectivity index (χ3n) is 3.87. The van der Waals surface area contributed by atoms with Crippen LogP contribution in [-0.2, 0) is 9.53 Å². The first-order valence-corrected chi connectivity index (χ1v) is 9.44. The summed E-state index contributed by atoms with van der Waals surface area (Å²) >= 11 is 1.59. The topological polar surface area (TPSA) is 76.5 Å². The average Bonchev–Trinajstić information content (AvgIpc) is 2.67. The maximum absolute atomic E-state index is 12.4. The predicted octanol–water partition coefficient (Wildman–Crippen LogP) is 4.62. The van der Waals surface area contributed by atoms with E-state index in [4.69, 9.17) is 4.74 Å². The van der Waals surface area contributed by atoms with Crippen molar-refractivity contribution in [3.05, 3.63) is 60.3 Å². The molecule has 0 unspecified atom stereocenters. The molecule has 5 nitrogen and oxygen atoms in total. The van der Waals surface area contributed by atoms with Crippen molar-refractivity contribution in [1.29, 1.82) is 0 Å². The van der Waals surface area contributed by atoms with E-state index in [0.29, 0.717) is 5.52 Å². The molecule has 3 aromatic rings. The van der Waals surface area contributed by atoms with Crippen LogP contribution < -0.4 is 0 Å². The smallest absolute Gasteiger partial charge is 0.306 e. The van der Waals surface area contributed by atoms with E-state index in [1.165, 1.54) is 6.07 Å². The minimum Gasteiger partial charge on any atom is -0.506 e. The lowest BCUT2D eigenvalue weighted by molar-refractivity contribution is -0.143. The Bertz CT molecular complexity index is 973. The lowest BCUT2D eigenvalue weighted by Crippen LogP contribution is -2.09. The lowest BCUT2D eigenvalue weighted by atomic mass is 10.1. The molecule has 0 saturated carbocycles. The fourth-order valence-corrected chi connectivity index (χ4v) is 3.47. The molecule has 0 spiro atoms. The van der Waals surface area contributed by atoms with E-state index in [1.807, 2.05) is 48.5 Å². The number of esters is 1. The van der Waals surface area contributed by atoms with Crippen LogP contribution in [0, 0.1) is 0 Å². The number of pyridine rings is 1. The molecule has 0 atom stereocenters. The van der Waals surface area contributed by atoms with Gasteiger partial charge in [0, 0.05) is 21.6 Å². The zero-order valence-corrected chi connectivity index (χ0v) is 15.7. The number of hydrogen-bond acceptors (Lipinski definition) is 6. The second-order valence-electron chi connectivity index (χ2n) is 5.85. The Balaban J connectivity index is 1.82. The molecular weight excluding hydrogens is 362 g/mol. The van der Waals surface area contributed by atoms with Gasteiger partial charge in [-0.1, -0.05) is 36.0 Å². The zero-order valence-electron chi connectivity index (χ0n) is 14.8. The Labute approximate surface area is 161 Å². The van der Waals surface area contributed by atoms with Gasteiger partial charge in [0.1, 0.15) is 11.4 Å². The molecule has 0 aliphatic heterocycles. The Hall–Kier alpha value is -2.86. The first-order chi connectivity index (χ1) is 13.1. The largest absolute Gasteiger partial charge is 0.506 e. The summed E-state index contributed by atoms with van der Waals surface area (Å²) in [5.74, 6) is -1.00. The number of hydrogen-bond donors (Lipinski definition) is 1. The third-order valence-corrected chi connectivity index (χ3v) is 4.87. The summed E-state index contributed by atoms with van der Waals surface area (Å²) in [6.45, 7) is 1.98. The number of ether oxygens (including phenoxy) is 1. The number of aromatic nitrogens is 1. The highest BCUT2D eigenvalue weighted by Crippen LogP contribution is 2.31. The number of nitrogens with zero attached hydrogens (tertiary/aromatic N) is 1. The fourth-order valence-electron chi connectivity index (χ4n) is 2.60. The number of carbonyl (C=O) groups excluding carboxylic acids is 2. The summed E-state index contributed by atoms with van der Waals surface area (Å²) in [4.78, 5) is 30.2. The highest BCUT2D eigenvalue weighted by molar-refractivity contribution is 7.99. The molecule has 1 heterocycles. The van der Waals surface area contributed by atoms with Gasteiger partial charge in [-0.15, -0.1) is 0 Å². The van der Waals surface area contributed by atoms with E-state index in [2.05, 4.69) is 4.98 Å². The highest BCUT2D eigenvalue weighted by atomic mass is 32.2. The predicted molar refractivity (Wildman–Crippen MR) is 104 cm³/mol. The second kappa shape index (κ2) is 8.68. The third kappa shape index (κ3) is 4.86. The van der Waals surface area contributed by atoms with Crippen LogP contribution in [0.25, 0.3) is 10.9 Å². The number of carbonyl (C=O) groups is 2. The Morgan fingerprint density at radius 1 is 1.04 bits per heavy atom. The van der Waals surface area contributed by atoms with E-state index in [9.17, 15) is 14.7 Å². The van der Waals surface area contributed by atoms with Crippen LogP contribution in [0.4, 0.5) is 0 Å². The number of Topliss-reactive ketones (excluding diaryl/α,β-unsaturated/α-hetero) is 1. The number of aromatic hydroxyl groups is 1. The number of fused-ring (bicyclic) bond motifs is 1. The maximum atomic E-state index is 12.4. The van der Waals surface area contributed by atoms with Crippen LogP contribution in [-0.4, -0.2) is 28.4 Å². The maximum Gasteiger partial charge on any atom is 0.306 e. The molecule has 0 radical (unpaired) electrons. The van der Waals surface area contributed by atoms with Crippen LogP contribution >= 0.6 is 11.8 Å². The molecule has 0 aliphatic rings. The van der Waals surface area contributed by atoms with Crippen molar-refractivity contribution in [3.63, 3.8) is 0 Å². The molecular formula is C21H19NO4S. The summed E-state index contributed by atoms with van der Waals surface area (Å²) in [7, 11) is 0. The van der Waals surface area contributed by atoms with Gasteiger partial charge in [-0.05, 0) is 37.3 Å². The molecule has 138 valence electrons. The summed E-state index contributed by atoms with van der Waals surface area (Å²) in [6, 6.07) is 17.2.